The SMILES string of the molecule is NCC1CN(CC(O)CF)CCO1. The van der Waals surface area contributed by atoms with Gasteiger partial charge in [-0.05, 0) is 0 Å². The summed E-state index contributed by atoms with van der Waals surface area (Å²) in [4.78, 5) is 1.98. The fourth-order valence-electron chi connectivity index (χ4n) is 1.44. The monoisotopic (exact) mass is 192 g/mol. The maximum atomic E-state index is 12.0. The first-order chi connectivity index (χ1) is 6.26. The third kappa shape index (κ3) is 3.56. The maximum Gasteiger partial charge on any atom is 0.117 e. The highest BCUT2D eigenvalue weighted by Crippen LogP contribution is 2.04. The van der Waals surface area contributed by atoms with Crippen molar-refractivity contribution < 1.29 is 14.2 Å². The van der Waals surface area contributed by atoms with E-state index in [1.165, 1.54) is 0 Å². The van der Waals surface area contributed by atoms with Gasteiger partial charge < -0.3 is 15.6 Å². The molecule has 78 valence electrons. The molecule has 0 aromatic carbocycles. The number of nitrogens with zero attached hydrogens (tertiary/aromatic N) is 1. The van der Waals surface area contributed by atoms with Gasteiger partial charge in [0.05, 0.1) is 18.8 Å². The number of ether oxygens (including phenoxy) is 1. The van der Waals surface area contributed by atoms with Crippen molar-refractivity contribution in [1.29, 1.82) is 0 Å². The van der Waals surface area contributed by atoms with Gasteiger partial charge in [-0.1, -0.05) is 0 Å². The number of rotatable bonds is 4. The van der Waals surface area contributed by atoms with E-state index in [1.54, 1.807) is 0 Å². The fraction of sp³-hybridized carbons (Fsp3) is 1.00. The molecule has 0 radical (unpaired) electrons. The molecule has 1 aliphatic rings. The van der Waals surface area contributed by atoms with E-state index >= 15 is 0 Å². The zero-order valence-electron chi connectivity index (χ0n) is 7.66. The van der Waals surface area contributed by atoms with Crippen LogP contribution in [0.15, 0.2) is 0 Å². The van der Waals surface area contributed by atoms with E-state index in [-0.39, 0.29) is 6.10 Å². The molecular formula is C8H17FN2O2. The van der Waals surface area contributed by atoms with Gasteiger partial charge in [-0.3, -0.25) is 4.90 Å². The summed E-state index contributed by atoms with van der Waals surface area (Å²) in [6.07, 6.45) is -0.850. The third-order valence-corrected chi connectivity index (χ3v) is 2.13. The first-order valence-corrected chi connectivity index (χ1v) is 4.54. The summed E-state index contributed by atoms with van der Waals surface area (Å²) in [5.41, 5.74) is 5.44. The molecule has 0 aliphatic carbocycles. The molecule has 0 amide bonds. The van der Waals surface area contributed by atoms with Crippen LogP contribution in [0.25, 0.3) is 0 Å². The lowest BCUT2D eigenvalue weighted by molar-refractivity contribution is -0.0378. The maximum absolute atomic E-state index is 12.0. The highest BCUT2D eigenvalue weighted by atomic mass is 19.1. The molecule has 1 heterocycles. The van der Waals surface area contributed by atoms with Crippen LogP contribution in [0, 0.1) is 0 Å². The Morgan fingerprint density at radius 1 is 1.69 bits per heavy atom. The van der Waals surface area contributed by atoms with Crippen LogP contribution >= 0.6 is 0 Å². The minimum absolute atomic E-state index is 0.0283. The Morgan fingerprint density at radius 3 is 3.08 bits per heavy atom. The first-order valence-electron chi connectivity index (χ1n) is 4.54. The Morgan fingerprint density at radius 2 is 2.46 bits per heavy atom. The van der Waals surface area contributed by atoms with Crippen LogP contribution in [0.5, 0.6) is 0 Å². The Labute approximate surface area is 77.5 Å². The lowest BCUT2D eigenvalue weighted by Gasteiger charge is -2.32. The predicted molar refractivity (Wildman–Crippen MR) is 47.2 cm³/mol. The minimum Gasteiger partial charge on any atom is -0.389 e. The number of hydrogen-bond donors (Lipinski definition) is 2. The van der Waals surface area contributed by atoms with Crippen LogP contribution in [0.1, 0.15) is 0 Å². The van der Waals surface area contributed by atoms with E-state index in [1.807, 2.05) is 4.90 Å². The van der Waals surface area contributed by atoms with Crippen LogP contribution < -0.4 is 5.73 Å². The van der Waals surface area contributed by atoms with Gasteiger partial charge in [0.15, 0.2) is 0 Å². The Balaban J connectivity index is 2.25. The van der Waals surface area contributed by atoms with Gasteiger partial charge in [0.2, 0.25) is 0 Å². The molecule has 2 atom stereocenters. The topological polar surface area (TPSA) is 58.7 Å². The summed E-state index contributed by atoms with van der Waals surface area (Å²) < 4.78 is 17.3. The van der Waals surface area contributed by atoms with Crippen LogP contribution in [-0.2, 0) is 4.74 Å². The second-order valence-corrected chi connectivity index (χ2v) is 3.30. The molecule has 0 aromatic rings. The Bertz CT molecular complexity index is 146. The van der Waals surface area contributed by atoms with E-state index in [0.717, 1.165) is 6.54 Å². The summed E-state index contributed by atoms with van der Waals surface area (Å²) in [6.45, 7) is 2.20. The zero-order chi connectivity index (χ0) is 9.68. The molecule has 1 saturated heterocycles. The minimum atomic E-state index is -0.878. The van der Waals surface area contributed by atoms with Gasteiger partial charge in [0, 0.05) is 26.2 Å². The van der Waals surface area contributed by atoms with E-state index in [4.69, 9.17) is 15.6 Å². The molecule has 0 spiro atoms. The standard InChI is InChI=1S/C8H17FN2O2/c9-3-7(12)5-11-1-2-13-8(4-10)6-11/h7-8,12H,1-6,10H2. The molecular weight excluding hydrogens is 175 g/mol. The van der Waals surface area contributed by atoms with Crippen LogP contribution in [0.2, 0.25) is 0 Å². The summed E-state index contributed by atoms with van der Waals surface area (Å²) in [5.74, 6) is 0. The van der Waals surface area contributed by atoms with E-state index in [9.17, 15) is 4.39 Å². The predicted octanol–water partition coefficient (Wildman–Crippen LogP) is -1.02. The Hall–Kier alpha value is -0.230. The van der Waals surface area contributed by atoms with Crippen molar-refractivity contribution >= 4 is 0 Å². The number of β-amino-alcohol motifs (C(OH)–C–C–N with tert-alkyl or cyclic N) is 1. The van der Waals surface area contributed by atoms with E-state index < -0.39 is 12.8 Å². The van der Waals surface area contributed by atoms with Crippen LogP contribution in [0.4, 0.5) is 4.39 Å². The summed E-state index contributed by atoms with van der Waals surface area (Å²) in [5, 5.41) is 9.08. The second-order valence-electron chi connectivity index (χ2n) is 3.30. The molecule has 3 N–H and O–H groups in total. The lowest BCUT2D eigenvalue weighted by atomic mass is 10.2. The number of hydrogen-bond acceptors (Lipinski definition) is 4. The zero-order valence-corrected chi connectivity index (χ0v) is 7.66. The van der Waals surface area contributed by atoms with E-state index in [0.29, 0.717) is 26.2 Å². The number of alkyl halides is 1. The summed E-state index contributed by atoms with van der Waals surface area (Å²) in [7, 11) is 0. The number of aliphatic hydroxyl groups excluding tert-OH is 1. The first kappa shape index (κ1) is 10.8. The van der Waals surface area contributed by atoms with Crippen molar-refractivity contribution in [3.63, 3.8) is 0 Å². The summed E-state index contributed by atoms with van der Waals surface area (Å²) in [6, 6.07) is 0. The molecule has 1 rings (SSSR count). The summed E-state index contributed by atoms with van der Waals surface area (Å²) >= 11 is 0. The van der Waals surface area contributed by atoms with Crippen molar-refractivity contribution in [1.82, 2.24) is 4.90 Å². The number of aliphatic hydroxyl groups is 1. The van der Waals surface area contributed by atoms with Crippen molar-refractivity contribution in [2.24, 2.45) is 5.73 Å². The fourth-order valence-corrected chi connectivity index (χ4v) is 1.44. The smallest absolute Gasteiger partial charge is 0.117 e. The highest BCUT2D eigenvalue weighted by molar-refractivity contribution is 4.73. The van der Waals surface area contributed by atoms with Gasteiger partial charge >= 0.3 is 0 Å². The normalized spacial score (nSPS) is 27.5. The van der Waals surface area contributed by atoms with Crippen LogP contribution in [0.3, 0.4) is 0 Å². The molecule has 1 aliphatic heterocycles. The van der Waals surface area contributed by atoms with Crippen molar-refractivity contribution in [2.75, 3.05) is 39.5 Å². The lowest BCUT2D eigenvalue weighted by Crippen LogP contribution is -2.48. The Kier molecular flexibility index (Phi) is 4.58. The van der Waals surface area contributed by atoms with Gasteiger partial charge in [0.25, 0.3) is 0 Å². The van der Waals surface area contributed by atoms with Crippen molar-refractivity contribution in [3.05, 3.63) is 0 Å². The number of nitrogens with two attached hydrogens (primary N) is 1. The molecule has 0 saturated carbocycles. The number of morpholine rings is 1. The average Bonchev–Trinajstić information content (AvgIpc) is 2.18. The quantitative estimate of drug-likeness (QED) is 0.598. The molecule has 0 aromatic heterocycles. The third-order valence-electron chi connectivity index (χ3n) is 2.13. The molecule has 5 heteroatoms. The molecule has 13 heavy (non-hydrogen) atoms. The largest absolute Gasteiger partial charge is 0.389 e. The van der Waals surface area contributed by atoms with Gasteiger partial charge in [0.1, 0.15) is 6.67 Å². The highest BCUT2D eigenvalue weighted by Gasteiger charge is 2.20. The molecule has 0 bridgehead atoms. The molecule has 1 fully saturated rings. The second kappa shape index (κ2) is 5.49. The molecule has 4 nitrogen and oxygen atoms in total. The van der Waals surface area contributed by atoms with Gasteiger partial charge in [-0.15, -0.1) is 0 Å². The van der Waals surface area contributed by atoms with Crippen LogP contribution in [-0.4, -0.2) is 61.7 Å². The van der Waals surface area contributed by atoms with Crippen molar-refractivity contribution in [3.8, 4) is 0 Å². The van der Waals surface area contributed by atoms with E-state index in [2.05, 4.69) is 0 Å². The average molecular weight is 192 g/mol. The number of halogens is 1. The molecule has 2 unspecified atom stereocenters. The van der Waals surface area contributed by atoms with Gasteiger partial charge in [-0.25, -0.2) is 4.39 Å². The van der Waals surface area contributed by atoms with Crippen molar-refractivity contribution in [2.45, 2.75) is 12.2 Å². The van der Waals surface area contributed by atoms with Gasteiger partial charge in [-0.2, -0.15) is 0 Å².